The highest BCUT2D eigenvalue weighted by atomic mass is 35.5. The summed E-state index contributed by atoms with van der Waals surface area (Å²) in [5.41, 5.74) is 1.13. The maximum atomic E-state index is 13.3. The largest absolute Gasteiger partial charge is 0.380 e. The Kier molecular flexibility index (Phi) is 7.92. The molecule has 4 aliphatic rings. The van der Waals surface area contributed by atoms with E-state index in [4.69, 9.17) is 28.2 Å². The van der Waals surface area contributed by atoms with Crippen LogP contribution in [-0.2, 0) is 17.8 Å². The van der Waals surface area contributed by atoms with Gasteiger partial charge >= 0.3 is 0 Å². The van der Waals surface area contributed by atoms with Crippen LogP contribution in [0.25, 0.3) is 11.3 Å². The van der Waals surface area contributed by atoms with Crippen LogP contribution in [0.1, 0.15) is 93.2 Å². The molecule has 2 saturated carbocycles. The summed E-state index contributed by atoms with van der Waals surface area (Å²) >= 11 is 13.7. The normalized spacial score (nSPS) is 22.6. The molecule has 1 N–H and O–H groups in total. The molecule has 40 heavy (non-hydrogen) atoms. The summed E-state index contributed by atoms with van der Waals surface area (Å²) in [6, 6.07) is 5.46. The van der Waals surface area contributed by atoms with Crippen LogP contribution >= 0.6 is 23.2 Å². The molecule has 2 aromatic rings. The van der Waals surface area contributed by atoms with Gasteiger partial charge < -0.3 is 19.5 Å². The van der Waals surface area contributed by atoms with E-state index in [2.05, 4.69) is 4.57 Å². The van der Waals surface area contributed by atoms with Crippen molar-refractivity contribution in [3.63, 3.8) is 0 Å². The van der Waals surface area contributed by atoms with Gasteiger partial charge in [0.2, 0.25) is 0 Å². The number of fused-ring (bicyclic) bond motifs is 1. The fourth-order valence-corrected chi connectivity index (χ4v) is 7.54. The Morgan fingerprint density at radius 3 is 2.08 bits per heavy atom. The van der Waals surface area contributed by atoms with E-state index < -0.39 is 5.60 Å². The van der Waals surface area contributed by atoms with Crippen LogP contribution in [0.3, 0.4) is 0 Å². The number of rotatable bonds is 3. The molecule has 2 aliphatic carbocycles. The van der Waals surface area contributed by atoms with E-state index in [0.29, 0.717) is 60.2 Å². The maximum absolute atomic E-state index is 13.3. The third kappa shape index (κ3) is 5.54. The second kappa shape index (κ2) is 11.3. The lowest BCUT2D eigenvalue weighted by Crippen LogP contribution is -2.53. The smallest absolute Gasteiger partial charge is 0.255 e. The fourth-order valence-electron chi connectivity index (χ4n) is 6.97. The lowest BCUT2D eigenvalue weighted by atomic mass is 9.72. The number of hydrogen-bond acceptors (Lipinski definition) is 4. The minimum atomic E-state index is -1.17. The molecule has 3 fully saturated rings. The first-order valence-corrected chi connectivity index (χ1v) is 15.9. The van der Waals surface area contributed by atoms with Gasteiger partial charge in [0.1, 0.15) is 22.3 Å². The lowest BCUT2D eigenvalue weighted by molar-refractivity contribution is -0.143. The quantitative estimate of drug-likeness (QED) is 0.469. The van der Waals surface area contributed by atoms with Crippen LogP contribution in [0.2, 0.25) is 10.2 Å². The van der Waals surface area contributed by atoms with Crippen LogP contribution in [-0.4, -0.2) is 68.1 Å². The second-order valence-corrected chi connectivity index (χ2v) is 13.3. The highest BCUT2D eigenvalue weighted by molar-refractivity contribution is 6.34. The summed E-state index contributed by atoms with van der Waals surface area (Å²) in [7, 11) is 0. The highest BCUT2D eigenvalue weighted by Gasteiger charge is 2.50. The standard InChI is InChI=1S/C31H40Cl2N4O3/c32-24-20-22(8-9-23(24)28(38)35-16-18-36(19-17-35)29(39)31(40)14-15-31)26-27(33)37-21-30(13-10-25(37)34-26)11-6-4-2-1-3-5-7-12-30/h8-9,20,40H,1-7,10-19,21H2. The molecule has 1 aromatic carbocycles. The Balaban J connectivity index is 1.15. The van der Waals surface area contributed by atoms with E-state index >= 15 is 0 Å². The SMILES string of the molecule is O=C(c1ccc(-c2nc3n(c2Cl)CC2(CCCCCCCCC2)CC3)cc1Cl)N1CCN(C(=O)C2(O)CC2)CC1. The number of aromatic nitrogens is 2. The van der Waals surface area contributed by atoms with E-state index in [9.17, 15) is 14.7 Å². The number of halogens is 2. The van der Waals surface area contributed by atoms with Crippen LogP contribution < -0.4 is 0 Å². The monoisotopic (exact) mass is 586 g/mol. The summed E-state index contributed by atoms with van der Waals surface area (Å²) < 4.78 is 2.23. The Morgan fingerprint density at radius 2 is 1.45 bits per heavy atom. The average Bonchev–Trinajstić information content (AvgIpc) is 3.64. The molecular weight excluding hydrogens is 547 g/mol. The highest BCUT2D eigenvalue weighted by Crippen LogP contribution is 2.45. The van der Waals surface area contributed by atoms with Crippen molar-refractivity contribution in [3.05, 3.63) is 39.8 Å². The summed E-state index contributed by atoms with van der Waals surface area (Å²) in [6.07, 6.45) is 15.1. The van der Waals surface area contributed by atoms with E-state index in [0.717, 1.165) is 30.0 Å². The number of imidazole rings is 1. The molecule has 9 heteroatoms. The van der Waals surface area contributed by atoms with Crippen LogP contribution in [0.5, 0.6) is 0 Å². The number of aryl methyl sites for hydroxylation is 1. The van der Waals surface area contributed by atoms with Crippen LogP contribution in [0.15, 0.2) is 18.2 Å². The van der Waals surface area contributed by atoms with Gasteiger partial charge in [-0.05, 0) is 49.7 Å². The third-order valence-electron chi connectivity index (χ3n) is 9.72. The Bertz CT molecular complexity index is 1270. The Hall–Kier alpha value is -2.09. The van der Waals surface area contributed by atoms with Crippen molar-refractivity contribution in [1.82, 2.24) is 19.4 Å². The molecule has 6 rings (SSSR count). The zero-order valence-corrected chi connectivity index (χ0v) is 24.8. The van der Waals surface area contributed by atoms with Crippen LogP contribution in [0.4, 0.5) is 0 Å². The summed E-state index contributed by atoms with van der Waals surface area (Å²) in [5.74, 6) is 0.678. The topological polar surface area (TPSA) is 78.7 Å². The number of nitrogens with zero attached hydrogens (tertiary/aromatic N) is 4. The van der Waals surface area contributed by atoms with Crippen LogP contribution in [0, 0.1) is 5.41 Å². The molecule has 0 unspecified atom stereocenters. The van der Waals surface area contributed by atoms with Crippen molar-refractivity contribution < 1.29 is 14.7 Å². The lowest BCUT2D eigenvalue weighted by Gasteiger charge is -2.39. The summed E-state index contributed by atoms with van der Waals surface area (Å²) in [4.78, 5) is 34.1. The van der Waals surface area contributed by atoms with E-state index in [1.807, 2.05) is 6.07 Å². The van der Waals surface area contributed by atoms with Crippen molar-refractivity contribution in [2.24, 2.45) is 5.41 Å². The fraction of sp³-hybridized carbons (Fsp3) is 0.645. The third-order valence-corrected chi connectivity index (χ3v) is 10.4. The number of piperazine rings is 1. The molecule has 0 bridgehead atoms. The Labute approximate surface area is 246 Å². The predicted octanol–water partition coefficient (Wildman–Crippen LogP) is 6.12. The van der Waals surface area contributed by atoms with Gasteiger partial charge in [0, 0.05) is 44.7 Å². The minimum Gasteiger partial charge on any atom is -0.380 e. The number of benzene rings is 1. The van der Waals surface area contributed by atoms with Crippen molar-refractivity contribution in [2.45, 2.75) is 95.6 Å². The van der Waals surface area contributed by atoms with E-state index in [1.54, 1.807) is 21.9 Å². The number of hydrogen-bond donors (Lipinski definition) is 1. The first-order valence-electron chi connectivity index (χ1n) is 15.1. The molecule has 1 aromatic heterocycles. The minimum absolute atomic E-state index is 0.151. The first kappa shape index (κ1) is 28.0. The second-order valence-electron chi connectivity index (χ2n) is 12.5. The molecule has 0 atom stereocenters. The zero-order chi connectivity index (χ0) is 27.9. The summed E-state index contributed by atoms with van der Waals surface area (Å²) in [6.45, 7) is 2.60. The molecule has 2 amide bonds. The molecule has 3 heterocycles. The van der Waals surface area contributed by atoms with Gasteiger partial charge in [0.15, 0.2) is 0 Å². The van der Waals surface area contributed by atoms with Crippen molar-refractivity contribution in [2.75, 3.05) is 26.2 Å². The number of aliphatic hydroxyl groups is 1. The maximum Gasteiger partial charge on any atom is 0.255 e. The van der Waals surface area contributed by atoms with Gasteiger partial charge in [0.05, 0.1) is 10.6 Å². The van der Waals surface area contributed by atoms with Crippen molar-refractivity contribution in [3.8, 4) is 11.3 Å². The molecule has 0 radical (unpaired) electrons. The summed E-state index contributed by atoms with van der Waals surface area (Å²) in [5, 5.41) is 11.2. The van der Waals surface area contributed by atoms with Crippen molar-refractivity contribution >= 4 is 35.0 Å². The van der Waals surface area contributed by atoms with E-state index in [-0.39, 0.29) is 11.8 Å². The van der Waals surface area contributed by atoms with Gasteiger partial charge in [-0.1, -0.05) is 74.2 Å². The van der Waals surface area contributed by atoms with Gasteiger partial charge in [-0.2, -0.15) is 0 Å². The predicted molar refractivity (Wildman–Crippen MR) is 157 cm³/mol. The molecular formula is C31H40Cl2N4O3. The molecule has 7 nitrogen and oxygen atoms in total. The van der Waals surface area contributed by atoms with Crippen molar-refractivity contribution in [1.29, 1.82) is 0 Å². The Morgan fingerprint density at radius 1 is 0.825 bits per heavy atom. The van der Waals surface area contributed by atoms with Gasteiger partial charge in [-0.15, -0.1) is 0 Å². The molecule has 1 saturated heterocycles. The van der Waals surface area contributed by atoms with Gasteiger partial charge in [0.25, 0.3) is 11.8 Å². The van der Waals surface area contributed by atoms with Gasteiger partial charge in [-0.25, -0.2) is 4.98 Å². The molecule has 1 spiro atoms. The zero-order valence-electron chi connectivity index (χ0n) is 23.3. The number of carbonyl (C=O) groups excluding carboxylic acids is 2. The number of carbonyl (C=O) groups is 2. The van der Waals surface area contributed by atoms with E-state index in [1.165, 1.54) is 64.2 Å². The van der Waals surface area contributed by atoms with Gasteiger partial charge in [-0.3, -0.25) is 9.59 Å². The average molecular weight is 588 g/mol. The molecule has 2 aliphatic heterocycles. The molecule has 216 valence electrons. The first-order chi connectivity index (χ1) is 19.3. The number of amides is 2.